The number of ether oxygens (including phenoxy) is 2. The van der Waals surface area contributed by atoms with Crippen molar-refractivity contribution in [3.05, 3.63) is 83.4 Å². The predicted molar refractivity (Wildman–Crippen MR) is 160 cm³/mol. The number of rotatable bonds is 13. The maximum Gasteiger partial charge on any atom is 0.264 e. The van der Waals surface area contributed by atoms with Gasteiger partial charge in [0.2, 0.25) is 11.8 Å². The summed E-state index contributed by atoms with van der Waals surface area (Å²) >= 11 is 6.05. The molecular weight excluding hydrogens is 566 g/mol. The van der Waals surface area contributed by atoms with Gasteiger partial charge in [-0.05, 0) is 62.2 Å². The number of nitrogens with one attached hydrogen (secondary N) is 1. The highest BCUT2D eigenvalue weighted by atomic mass is 35.5. The van der Waals surface area contributed by atoms with E-state index in [-0.39, 0.29) is 29.1 Å². The van der Waals surface area contributed by atoms with E-state index in [0.717, 1.165) is 9.87 Å². The number of amides is 2. The van der Waals surface area contributed by atoms with E-state index in [2.05, 4.69) is 5.32 Å². The van der Waals surface area contributed by atoms with Crippen molar-refractivity contribution < 1.29 is 27.5 Å². The first-order valence-electron chi connectivity index (χ1n) is 13.2. The van der Waals surface area contributed by atoms with Gasteiger partial charge >= 0.3 is 0 Å². The number of anilines is 1. The van der Waals surface area contributed by atoms with Crippen LogP contribution in [0.5, 0.6) is 11.5 Å². The minimum Gasteiger partial charge on any atom is -0.493 e. The molecule has 9 nitrogen and oxygen atoms in total. The van der Waals surface area contributed by atoms with Crippen LogP contribution < -0.4 is 19.1 Å². The number of halogens is 1. The van der Waals surface area contributed by atoms with Crippen molar-refractivity contribution in [2.45, 2.75) is 50.7 Å². The van der Waals surface area contributed by atoms with E-state index in [9.17, 15) is 18.0 Å². The number of methoxy groups -OCH3 is 2. The van der Waals surface area contributed by atoms with Crippen LogP contribution in [0.2, 0.25) is 5.02 Å². The highest BCUT2D eigenvalue weighted by Crippen LogP contribution is 2.34. The van der Waals surface area contributed by atoms with Crippen molar-refractivity contribution in [1.29, 1.82) is 0 Å². The Balaban J connectivity index is 2.06. The lowest BCUT2D eigenvalue weighted by Crippen LogP contribution is -2.52. The van der Waals surface area contributed by atoms with Gasteiger partial charge in [-0.1, -0.05) is 48.9 Å². The summed E-state index contributed by atoms with van der Waals surface area (Å²) in [7, 11) is -1.29. The van der Waals surface area contributed by atoms with Crippen molar-refractivity contribution in [3.8, 4) is 11.5 Å². The summed E-state index contributed by atoms with van der Waals surface area (Å²) in [6.45, 7) is 4.94. The Hall–Kier alpha value is -3.76. The average Bonchev–Trinajstić information content (AvgIpc) is 2.98. The Kier molecular flexibility index (Phi) is 11.0. The molecule has 220 valence electrons. The van der Waals surface area contributed by atoms with Gasteiger partial charge in [0.15, 0.2) is 11.5 Å². The number of hydrogen-bond acceptors (Lipinski definition) is 6. The van der Waals surface area contributed by atoms with Gasteiger partial charge in [-0.3, -0.25) is 13.9 Å². The van der Waals surface area contributed by atoms with Crippen molar-refractivity contribution in [2.75, 3.05) is 25.1 Å². The molecule has 0 bridgehead atoms. The first kappa shape index (κ1) is 31.8. The van der Waals surface area contributed by atoms with Gasteiger partial charge in [0.25, 0.3) is 10.0 Å². The molecule has 0 spiro atoms. The topological polar surface area (TPSA) is 105 Å². The second-order valence-corrected chi connectivity index (χ2v) is 11.8. The summed E-state index contributed by atoms with van der Waals surface area (Å²) in [6, 6.07) is 18.4. The number of carbonyl (C=O) groups excluding carboxylic acids is 2. The summed E-state index contributed by atoms with van der Waals surface area (Å²) in [5.41, 5.74) is 0.928. The van der Waals surface area contributed by atoms with Gasteiger partial charge in [0.1, 0.15) is 12.6 Å². The van der Waals surface area contributed by atoms with Crippen LogP contribution in [0.15, 0.2) is 77.7 Å². The first-order valence-corrected chi connectivity index (χ1v) is 15.0. The lowest BCUT2D eigenvalue weighted by molar-refractivity contribution is -0.139. The van der Waals surface area contributed by atoms with Gasteiger partial charge in [0.05, 0.1) is 24.8 Å². The van der Waals surface area contributed by atoms with Crippen LogP contribution in [0, 0.1) is 0 Å². The fourth-order valence-electron chi connectivity index (χ4n) is 4.06. The largest absolute Gasteiger partial charge is 0.493 e. The molecule has 0 saturated carbocycles. The molecule has 0 unspecified atom stereocenters. The average molecular weight is 602 g/mol. The van der Waals surface area contributed by atoms with Crippen molar-refractivity contribution in [2.24, 2.45) is 0 Å². The zero-order chi connectivity index (χ0) is 30.2. The minimum atomic E-state index is -4.20. The SMILES string of the molecule is CC[C@@H](C)NC(=O)[C@H](C)N(Cc1ccc(Cl)cc1)C(=O)CN(c1ccc(OC)c(OC)c1)S(=O)(=O)c1ccccc1. The molecule has 0 aliphatic rings. The van der Waals surface area contributed by atoms with Crippen molar-refractivity contribution >= 4 is 39.1 Å². The quantitative estimate of drug-likeness (QED) is 0.299. The summed E-state index contributed by atoms with van der Waals surface area (Å²) in [5, 5.41) is 3.44. The summed E-state index contributed by atoms with van der Waals surface area (Å²) < 4.78 is 39.6. The number of benzene rings is 3. The summed E-state index contributed by atoms with van der Waals surface area (Å²) in [6.07, 6.45) is 0.714. The molecule has 0 heterocycles. The lowest BCUT2D eigenvalue weighted by Gasteiger charge is -2.32. The smallest absolute Gasteiger partial charge is 0.264 e. The Morgan fingerprint density at radius 1 is 0.927 bits per heavy atom. The summed E-state index contributed by atoms with van der Waals surface area (Å²) in [5.74, 6) is -0.212. The molecular formula is C30H36ClN3O6S. The maximum absolute atomic E-state index is 14.0. The third-order valence-electron chi connectivity index (χ3n) is 6.70. The van der Waals surface area contributed by atoms with Crippen LogP contribution in [0.1, 0.15) is 32.8 Å². The van der Waals surface area contributed by atoms with E-state index >= 15 is 0 Å². The molecule has 3 aromatic carbocycles. The van der Waals surface area contributed by atoms with E-state index in [1.807, 2.05) is 13.8 Å². The summed E-state index contributed by atoms with van der Waals surface area (Å²) in [4.78, 5) is 28.5. The molecule has 3 rings (SSSR count). The van der Waals surface area contributed by atoms with Crippen LogP contribution in [0.25, 0.3) is 0 Å². The lowest BCUT2D eigenvalue weighted by atomic mass is 10.1. The van der Waals surface area contributed by atoms with Crippen LogP contribution in [-0.4, -0.2) is 58.0 Å². The highest BCUT2D eigenvalue weighted by molar-refractivity contribution is 7.92. The molecule has 2 atom stereocenters. The molecule has 0 aliphatic heterocycles. The zero-order valence-corrected chi connectivity index (χ0v) is 25.4. The predicted octanol–water partition coefficient (Wildman–Crippen LogP) is 4.88. The van der Waals surface area contributed by atoms with Crippen LogP contribution >= 0.6 is 11.6 Å². The molecule has 1 N–H and O–H groups in total. The van der Waals surface area contributed by atoms with E-state index in [1.165, 1.54) is 43.4 Å². The highest BCUT2D eigenvalue weighted by Gasteiger charge is 2.33. The molecule has 11 heteroatoms. The molecule has 0 saturated heterocycles. The molecule has 0 fully saturated rings. The fourth-order valence-corrected chi connectivity index (χ4v) is 5.62. The second kappa shape index (κ2) is 14.2. The standard InChI is InChI=1S/C30H36ClN3O6S/c1-6-21(2)32-30(36)22(3)33(19-23-12-14-24(31)15-13-23)29(35)20-34(41(37,38)26-10-8-7-9-11-26)25-16-17-27(39-4)28(18-25)40-5/h7-18,21-22H,6,19-20H2,1-5H3,(H,32,36)/t21-,22+/m1/s1. The Labute approximate surface area is 247 Å². The van der Waals surface area contributed by atoms with E-state index in [1.54, 1.807) is 55.5 Å². The Morgan fingerprint density at radius 2 is 1.56 bits per heavy atom. The monoisotopic (exact) mass is 601 g/mol. The second-order valence-electron chi connectivity index (χ2n) is 9.51. The van der Waals surface area contributed by atoms with Crippen molar-refractivity contribution in [1.82, 2.24) is 10.2 Å². The number of carbonyl (C=O) groups is 2. The Morgan fingerprint density at radius 3 is 2.15 bits per heavy atom. The third-order valence-corrected chi connectivity index (χ3v) is 8.74. The van der Waals surface area contributed by atoms with Gasteiger partial charge in [-0.25, -0.2) is 8.42 Å². The molecule has 3 aromatic rings. The third kappa shape index (κ3) is 7.92. The van der Waals surface area contributed by atoms with E-state index in [4.69, 9.17) is 21.1 Å². The van der Waals surface area contributed by atoms with Gasteiger partial charge in [-0.15, -0.1) is 0 Å². The number of sulfonamides is 1. The number of nitrogens with zero attached hydrogens (tertiary/aromatic N) is 2. The first-order chi connectivity index (χ1) is 19.5. The minimum absolute atomic E-state index is 0.00870. The van der Waals surface area contributed by atoms with Crippen LogP contribution in [0.4, 0.5) is 5.69 Å². The van der Waals surface area contributed by atoms with Gasteiger partial charge in [0, 0.05) is 23.7 Å². The molecule has 0 aliphatic carbocycles. The van der Waals surface area contributed by atoms with Gasteiger partial charge in [-0.2, -0.15) is 0 Å². The number of hydrogen-bond donors (Lipinski definition) is 1. The van der Waals surface area contributed by atoms with Crippen molar-refractivity contribution in [3.63, 3.8) is 0 Å². The zero-order valence-electron chi connectivity index (χ0n) is 23.8. The normalized spacial score (nSPS) is 12.6. The molecule has 41 heavy (non-hydrogen) atoms. The van der Waals surface area contributed by atoms with Crippen LogP contribution in [0.3, 0.4) is 0 Å². The maximum atomic E-state index is 14.0. The fraction of sp³-hybridized carbons (Fsp3) is 0.333. The van der Waals surface area contributed by atoms with E-state index in [0.29, 0.717) is 22.9 Å². The molecule has 0 radical (unpaired) electrons. The molecule has 2 amide bonds. The molecule has 0 aromatic heterocycles. The van der Waals surface area contributed by atoms with Gasteiger partial charge < -0.3 is 19.7 Å². The van der Waals surface area contributed by atoms with Crippen LogP contribution in [-0.2, 0) is 26.2 Å². The Bertz CT molecular complexity index is 1430. The van der Waals surface area contributed by atoms with E-state index < -0.39 is 28.5 Å².